The van der Waals surface area contributed by atoms with E-state index in [0.717, 1.165) is 12.2 Å². The number of nitrogens with two attached hydrogens (primary N) is 1. The second-order valence-corrected chi connectivity index (χ2v) is 5.17. The third kappa shape index (κ3) is 3.46. The predicted octanol–water partition coefficient (Wildman–Crippen LogP) is 1.14. The SMILES string of the molecule is C#CCN(CC1CC1)C(=O)Cc1csc(N)n1. The van der Waals surface area contributed by atoms with Gasteiger partial charge in [-0.05, 0) is 18.8 Å². The summed E-state index contributed by atoms with van der Waals surface area (Å²) < 4.78 is 0. The largest absolute Gasteiger partial charge is 0.375 e. The number of rotatable bonds is 5. The normalized spacial score (nSPS) is 14.3. The second-order valence-electron chi connectivity index (χ2n) is 4.28. The number of hydrogen-bond donors (Lipinski definition) is 1. The Morgan fingerprint density at radius 1 is 1.71 bits per heavy atom. The zero-order valence-corrected chi connectivity index (χ0v) is 10.4. The van der Waals surface area contributed by atoms with E-state index in [0.29, 0.717) is 24.0 Å². The van der Waals surface area contributed by atoms with Crippen molar-refractivity contribution in [2.75, 3.05) is 18.8 Å². The van der Waals surface area contributed by atoms with Gasteiger partial charge in [-0.1, -0.05) is 5.92 Å². The van der Waals surface area contributed by atoms with Gasteiger partial charge in [0, 0.05) is 11.9 Å². The molecule has 1 aromatic rings. The first-order valence-corrected chi connectivity index (χ1v) is 6.48. The Morgan fingerprint density at radius 3 is 3.00 bits per heavy atom. The fraction of sp³-hybridized carbons (Fsp3) is 0.500. The maximum Gasteiger partial charge on any atom is 0.229 e. The summed E-state index contributed by atoms with van der Waals surface area (Å²) in [5.74, 6) is 3.22. The lowest BCUT2D eigenvalue weighted by Gasteiger charge is -2.19. The third-order valence-electron chi connectivity index (χ3n) is 2.71. The summed E-state index contributed by atoms with van der Waals surface area (Å²) in [6, 6.07) is 0. The number of aromatic nitrogens is 1. The van der Waals surface area contributed by atoms with Gasteiger partial charge in [0.05, 0.1) is 18.7 Å². The lowest BCUT2D eigenvalue weighted by molar-refractivity contribution is -0.130. The quantitative estimate of drug-likeness (QED) is 0.796. The molecule has 0 spiro atoms. The van der Waals surface area contributed by atoms with Crippen molar-refractivity contribution < 1.29 is 4.79 Å². The van der Waals surface area contributed by atoms with Crippen molar-refractivity contribution in [3.63, 3.8) is 0 Å². The van der Waals surface area contributed by atoms with E-state index in [1.807, 2.05) is 5.38 Å². The Kier molecular flexibility index (Phi) is 3.64. The highest BCUT2D eigenvalue weighted by atomic mass is 32.1. The number of anilines is 1. The molecule has 1 aliphatic rings. The summed E-state index contributed by atoms with van der Waals surface area (Å²) >= 11 is 1.35. The van der Waals surface area contributed by atoms with Gasteiger partial charge in [0.15, 0.2) is 5.13 Å². The monoisotopic (exact) mass is 249 g/mol. The summed E-state index contributed by atoms with van der Waals surface area (Å²) in [7, 11) is 0. The standard InChI is InChI=1S/C12H15N3OS/c1-2-5-15(7-9-3-4-9)11(16)6-10-8-17-12(13)14-10/h1,8-9H,3-7H2,(H2,13,14). The van der Waals surface area contributed by atoms with Crippen molar-refractivity contribution in [1.82, 2.24) is 9.88 Å². The third-order valence-corrected chi connectivity index (χ3v) is 3.43. The molecule has 2 N–H and O–H groups in total. The van der Waals surface area contributed by atoms with E-state index in [4.69, 9.17) is 12.2 Å². The first-order chi connectivity index (χ1) is 8.19. The van der Waals surface area contributed by atoms with Gasteiger partial charge in [-0.25, -0.2) is 4.98 Å². The Labute approximate surface area is 105 Å². The molecule has 0 bridgehead atoms. The summed E-state index contributed by atoms with van der Waals surface area (Å²) in [6.45, 7) is 1.16. The summed E-state index contributed by atoms with van der Waals surface area (Å²) in [5, 5.41) is 2.32. The molecule has 0 radical (unpaired) electrons. The van der Waals surface area contributed by atoms with E-state index in [1.165, 1.54) is 24.2 Å². The molecule has 1 aliphatic carbocycles. The van der Waals surface area contributed by atoms with Crippen LogP contribution < -0.4 is 5.73 Å². The van der Waals surface area contributed by atoms with Gasteiger partial charge >= 0.3 is 0 Å². The van der Waals surface area contributed by atoms with E-state index < -0.39 is 0 Å². The molecular formula is C12H15N3OS. The van der Waals surface area contributed by atoms with Crippen LogP contribution in [-0.2, 0) is 11.2 Å². The molecule has 0 atom stereocenters. The number of terminal acetylenes is 1. The van der Waals surface area contributed by atoms with Gasteiger partial charge in [0.2, 0.25) is 5.91 Å². The van der Waals surface area contributed by atoms with Crippen LogP contribution >= 0.6 is 11.3 Å². The molecular weight excluding hydrogens is 234 g/mol. The molecule has 1 amide bonds. The van der Waals surface area contributed by atoms with Crippen molar-refractivity contribution in [3.05, 3.63) is 11.1 Å². The Hall–Kier alpha value is -1.54. The van der Waals surface area contributed by atoms with Crippen LogP contribution in [0.5, 0.6) is 0 Å². The lowest BCUT2D eigenvalue weighted by Crippen LogP contribution is -2.34. The molecule has 1 fully saturated rings. The topological polar surface area (TPSA) is 59.2 Å². The maximum atomic E-state index is 12.0. The average Bonchev–Trinajstić information content (AvgIpc) is 3.01. The van der Waals surface area contributed by atoms with Crippen LogP contribution in [0.1, 0.15) is 18.5 Å². The Morgan fingerprint density at radius 2 is 2.47 bits per heavy atom. The summed E-state index contributed by atoms with van der Waals surface area (Å²) in [5.41, 5.74) is 6.26. The smallest absolute Gasteiger partial charge is 0.229 e. The molecule has 0 aromatic carbocycles. The minimum Gasteiger partial charge on any atom is -0.375 e. The highest BCUT2D eigenvalue weighted by Crippen LogP contribution is 2.29. The van der Waals surface area contributed by atoms with Gasteiger partial charge in [0.25, 0.3) is 0 Å². The minimum absolute atomic E-state index is 0.0418. The molecule has 1 heterocycles. The number of nitrogen functional groups attached to an aromatic ring is 1. The highest BCUT2D eigenvalue weighted by Gasteiger charge is 2.26. The van der Waals surface area contributed by atoms with Gasteiger partial charge in [-0.3, -0.25) is 4.79 Å². The molecule has 0 unspecified atom stereocenters. The highest BCUT2D eigenvalue weighted by molar-refractivity contribution is 7.13. The van der Waals surface area contributed by atoms with Gasteiger partial charge in [0.1, 0.15) is 0 Å². The molecule has 17 heavy (non-hydrogen) atoms. The predicted molar refractivity (Wildman–Crippen MR) is 68.4 cm³/mol. The summed E-state index contributed by atoms with van der Waals surface area (Å²) in [6.07, 6.45) is 7.99. The van der Waals surface area contributed by atoms with Gasteiger partial charge in [-0.15, -0.1) is 17.8 Å². The fourth-order valence-electron chi connectivity index (χ4n) is 1.65. The summed E-state index contributed by atoms with van der Waals surface area (Å²) in [4.78, 5) is 17.9. The fourth-order valence-corrected chi connectivity index (χ4v) is 2.21. The second kappa shape index (κ2) is 5.19. The van der Waals surface area contributed by atoms with Crippen molar-refractivity contribution in [2.24, 2.45) is 5.92 Å². The van der Waals surface area contributed by atoms with Crippen LogP contribution in [0.4, 0.5) is 5.13 Å². The van der Waals surface area contributed by atoms with Crippen LogP contribution in [0, 0.1) is 18.3 Å². The number of carbonyl (C=O) groups is 1. The van der Waals surface area contributed by atoms with Crippen LogP contribution in [0.15, 0.2) is 5.38 Å². The molecule has 90 valence electrons. The van der Waals surface area contributed by atoms with Crippen LogP contribution in [-0.4, -0.2) is 28.9 Å². The molecule has 0 aliphatic heterocycles. The first-order valence-electron chi connectivity index (χ1n) is 5.60. The Balaban J connectivity index is 1.93. The first kappa shape index (κ1) is 11.9. The van der Waals surface area contributed by atoms with Crippen LogP contribution in [0.3, 0.4) is 0 Å². The van der Waals surface area contributed by atoms with Crippen LogP contribution in [0.25, 0.3) is 0 Å². The number of thiazole rings is 1. The van der Waals surface area contributed by atoms with Gasteiger partial charge in [-0.2, -0.15) is 0 Å². The van der Waals surface area contributed by atoms with E-state index in [2.05, 4.69) is 10.9 Å². The van der Waals surface area contributed by atoms with Crippen molar-refractivity contribution in [3.8, 4) is 12.3 Å². The van der Waals surface area contributed by atoms with E-state index in [1.54, 1.807) is 4.90 Å². The minimum atomic E-state index is 0.0418. The number of amides is 1. The van der Waals surface area contributed by atoms with E-state index >= 15 is 0 Å². The zero-order valence-electron chi connectivity index (χ0n) is 9.56. The lowest BCUT2D eigenvalue weighted by atomic mass is 10.2. The molecule has 5 heteroatoms. The van der Waals surface area contributed by atoms with E-state index in [9.17, 15) is 4.79 Å². The van der Waals surface area contributed by atoms with Crippen LogP contribution in [0.2, 0.25) is 0 Å². The number of hydrogen-bond acceptors (Lipinski definition) is 4. The molecule has 1 saturated carbocycles. The molecule has 2 rings (SSSR count). The van der Waals surface area contributed by atoms with Gasteiger partial charge < -0.3 is 10.6 Å². The number of nitrogens with zero attached hydrogens (tertiary/aromatic N) is 2. The molecule has 1 aromatic heterocycles. The average molecular weight is 249 g/mol. The van der Waals surface area contributed by atoms with E-state index in [-0.39, 0.29) is 5.91 Å². The molecule has 0 saturated heterocycles. The Bertz CT molecular complexity index is 445. The maximum absolute atomic E-state index is 12.0. The van der Waals surface area contributed by atoms with Crippen molar-refractivity contribution >= 4 is 22.4 Å². The van der Waals surface area contributed by atoms with Crippen molar-refractivity contribution in [2.45, 2.75) is 19.3 Å². The zero-order chi connectivity index (χ0) is 12.3. The number of carbonyl (C=O) groups excluding carboxylic acids is 1. The molecule has 4 nitrogen and oxygen atoms in total. The van der Waals surface area contributed by atoms with Crippen molar-refractivity contribution in [1.29, 1.82) is 0 Å².